The molecular weight excluding hydrogens is 270 g/mol. The molecule has 1 fully saturated rings. The molecule has 21 heavy (non-hydrogen) atoms. The van der Waals surface area contributed by atoms with Crippen LogP contribution in [0.15, 0.2) is 24.3 Å². The Morgan fingerprint density at radius 1 is 1.24 bits per heavy atom. The van der Waals surface area contributed by atoms with Gasteiger partial charge >= 0.3 is 5.97 Å². The molecule has 1 aromatic rings. The van der Waals surface area contributed by atoms with E-state index in [0.29, 0.717) is 18.0 Å². The van der Waals surface area contributed by atoms with Crippen LogP contribution in [0.2, 0.25) is 0 Å². The third-order valence-electron chi connectivity index (χ3n) is 3.66. The summed E-state index contributed by atoms with van der Waals surface area (Å²) in [5, 5.41) is 0. The molecule has 2 N–H and O–H groups in total. The van der Waals surface area contributed by atoms with E-state index >= 15 is 0 Å². The standard InChI is InChI=1S/C16H23NO4/c1-19-14-3-2-4-15(11-14)21-16(18)9-10-20-13-7-5-12(17)6-8-13/h5-8,14-15H,2-4,9-11,17H2,1H3. The van der Waals surface area contributed by atoms with Crippen LogP contribution in [-0.2, 0) is 14.3 Å². The van der Waals surface area contributed by atoms with Crippen molar-refractivity contribution in [3.8, 4) is 5.75 Å². The highest BCUT2D eigenvalue weighted by atomic mass is 16.5. The second-order valence-electron chi connectivity index (χ2n) is 5.30. The summed E-state index contributed by atoms with van der Waals surface area (Å²) in [5.41, 5.74) is 6.28. The Bertz CT molecular complexity index is 446. The van der Waals surface area contributed by atoms with E-state index in [9.17, 15) is 4.79 Å². The fraction of sp³-hybridized carbons (Fsp3) is 0.562. The van der Waals surface area contributed by atoms with Gasteiger partial charge in [0, 0.05) is 19.2 Å². The van der Waals surface area contributed by atoms with Crippen molar-refractivity contribution < 1.29 is 19.0 Å². The predicted molar refractivity (Wildman–Crippen MR) is 80.1 cm³/mol. The van der Waals surface area contributed by atoms with Crippen molar-refractivity contribution in [3.63, 3.8) is 0 Å². The molecule has 0 aliphatic heterocycles. The molecule has 2 atom stereocenters. The van der Waals surface area contributed by atoms with Gasteiger partial charge in [0.1, 0.15) is 11.9 Å². The third-order valence-corrected chi connectivity index (χ3v) is 3.66. The molecule has 0 aromatic heterocycles. The molecule has 5 nitrogen and oxygen atoms in total. The summed E-state index contributed by atoms with van der Waals surface area (Å²) in [6.07, 6.45) is 4.24. The lowest BCUT2D eigenvalue weighted by Gasteiger charge is -2.27. The lowest BCUT2D eigenvalue weighted by Crippen LogP contribution is -2.29. The second kappa shape index (κ2) is 7.88. The number of esters is 1. The zero-order valence-corrected chi connectivity index (χ0v) is 12.4. The molecule has 1 aliphatic rings. The number of ether oxygens (including phenoxy) is 3. The van der Waals surface area contributed by atoms with Crippen molar-refractivity contribution in [1.29, 1.82) is 0 Å². The quantitative estimate of drug-likeness (QED) is 0.644. The maximum absolute atomic E-state index is 11.8. The molecule has 0 amide bonds. The maximum Gasteiger partial charge on any atom is 0.309 e. The molecule has 116 valence electrons. The second-order valence-corrected chi connectivity index (χ2v) is 5.30. The summed E-state index contributed by atoms with van der Waals surface area (Å²) in [4.78, 5) is 11.8. The molecule has 2 rings (SSSR count). The number of nitrogens with two attached hydrogens (primary N) is 1. The van der Waals surface area contributed by atoms with Crippen molar-refractivity contribution in [2.75, 3.05) is 19.5 Å². The van der Waals surface area contributed by atoms with E-state index in [4.69, 9.17) is 19.9 Å². The average Bonchev–Trinajstić information content (AvgIpc) is 2.49. The van der Waals surface area contributed by atoms with Gasteiger partial charge < -0.3 is 19.9 Å². The molecule has 2 unspecified atom stereocenters. The van der Waals surface area contributed by atoms with E-state index in [1.807, 2.05) is 0 Å². The van der Waals surface area contributed by atoms with E-state index in [-0.39, 0.29) is 24.6 Å². The molecule has 0 radical (unpaired) electrons. The highest BCUT2D eigenvalue weighted by Gasteiger charge is 2.24. The third kappa shape index (κ3) is 5.27. The molecular formula is C16H23NO4. The normalized spacial score (nSPS) is 21.8. The smallest absolute Gasteiger partial charge is 0.309 e. The van der Waals surface area contributed by atoms with Crippen molar-refractivity contribution in [2.45, 2.75) is 44.3 Å². The Morgan fingerprint density at radius 2 is 1.95 bits per heavy atom. The summed E-state index contributed by atoms with van der Waals surface area (Å²) in [5.74, 6) is 0.487. The van der Waals surface area contributed by atoms with Gasteiger partial charge in [0.05, 0.1) is 19.1 Å². The molecule has 1 saturated carbocycles. The van der Waals surface area contributed by atoms with E-state index < -0.39 is 0 Å². The van der Waals surface area contributed by atoms with Crippen molar-refractivity contribution in [3.05, 3.63) is 24.3 Å². The number of methoxy groups -OCH3 is 1. The number of carbonyl (C=O) groups is 1. The maximum atomic E-state index is 11.8. The van der Waals surface area contributed by atoms with E-state index in [1.165, 1.54) is 0 Å². The van der Waals surface area contributed by atoms with E-state index in [2.05, 4.69) is 0 Å². The van der Waals surface area contributed by atoms with E-state index in [0.717, 1.165) is 25.7 Å². The topological polar surface area (TPSA) is 70.8 Å². The van der Waals surface area contributed by atoms with Crippen molar-refractivity contribution in [2.24, 2.45) is 0 Å². The molecule has 1 aliphatic carbocycles. The zero-order valence-electron chi connectivity index (χ0n) is 12.4. The van der Waals surface area contributed by atoms with Gasteiger partial charge in [0.25, 0.3) is 0 Å². The predicted octanol–water partition coefficient (Wildman–Crippen LogP) is 2.54. The van der Waals surface area contributed by atoms with Crippen molar-refractivity contribution in [1.82, 2.24) is 0 Å². The minimum Gasteiger partial charge on any atom is -0.493 e. The number of hydrogen-bond donors (Lipinski definition) is 1. The van der Waals surface area contributed by atoms with Crippen molar-refractivity contribution >= 4 is 11.7 Å². The first-order chi connectivity index (χ1) is 10.2. The van der Waals surface area contributed by atoms with Gasteiger partial charge in [-0.1, -0.05) is 0 Å². The highest BCUT2D eigenvalue weighted by Crippen LogP contribution is 2.23. The van der Waals surface area contributed by atoms with Gasteiger partial charge in [-0.05, 0) is 43.5 Å². The Hall–Kier alpha value is -1.75. The van der Waals surface area contributed by atoms with Crippen LogP contribution in [-0.4, -0.2) is 31.9 Å². The van der Waals surface area contributed by atoms with Gasteiger partial charge in [0.15, 0.2) is 0 Å². The van der Waals surface area contributed by atoms with Gasteiger partial charge in [-0.25, -0.2) is 0 Å². The first-order valence-corrected chi connectivity index (χ1v) is 7.38. The van der Waals surface area contributed by atoms with Gasteiger partial charge in [0.2, 0.25) is 0 Å². The Balaban J connectivity index is 1.66. The number of carbonyl (C=O) groups excluding carboxylic acids is 1. The van der Waals surface area contributed by atoms with Crippen LogP contribution < -0.4 is 10.5 Å². The molecule has 0 saturated heterocycles. The first kappa shape index (κ1) is 15.6. The van der Waals surface area contributed by atoms with Gasteiger partial charge in [-0.15, -0.1) is 0 Å². The molecule has 1 aromatic carbocycles. The van der Waals surface area contributed by atoms with Crippen LogP contribution >= 0.6 is 0 Å². The molecule has 0 bridgehead atoms. The van der Waals surface area contributed by atoms with Crippen LogP contribution in [0, 0.1) is 0 Å². The minimum absolute atomic E-state index is 0.0206. The summed E-state index contributed by atoms with van der Waals surface area (Å²) in [6.45, 7) is 0.309. The van der Waals surface area contributed by atoms with Crippen LogP contribution in [0.1, 0.15) is 32.1 Å². The monoisotopic (exact) mass is 293 g/mol. The lowest BCUT2D eigenvalue weighted by molar-refractivity contribution is -0.153. The van der Waals surface area contributed by atoms with Crippen LogP contribution in [0.3, 0.4) is 0 Å². The van der Waals surface area contributed by atoms with E-state index in [1.54, 1.807) is 31.4 Å². The summed E-state index contributed by atoms with van der Waals surface area (Å²) < 4.78 is 16.3. The molecule has 0 spiro atoms. The largest absolute Gasteiger partial charge is 0.493 e. The first-order valence-electron chi connectivity index (χ1n) is 7.38. The van der Waals surface area contributed by atoms with Crippen LogP contribution in [0.25, 0.3) is 0 Å². The highest BCUT2D eigenvalue weighted by molar-refractivity contribution is 5.69. The minimum atomic E-state index is -0.216. The number of nitrogen functional groups attached to an aromatic ring is 1. The fourth-order valence-electron chi connectivity index (χ4n) is 2.48. The Morgan fingerprint density at radius 3 is 2.67 bits per heavy atom. The summed E-state index contributed by atoms with van der Waals surface area (Å²) >= 11 is 0. The van der Waals surface area contributed by atoms with Crippen LogP contribution in [0.4, 0.5) is 5.69 Å². The number of benzene rings is 1. The number of rotatable bonds is 6. The van der Waals surface area contributed by atoms with Crippen LogP contribution in [0.5, 0.6) is 5.75 Å². The fourth-order valence-corrected chi connectivity index (χ4v) is 2.48. The summed E-state index contributed by atoms with van der Waals surface area (Å²) in [6, 6.07) is 7.09. The number of hydrogen-bond acceptors (Lipinski definition) is 5. The molecule has 0 heterocycles. The Labute approximate surface area is 125 Å². The average molecular weight is 293 g/mol. The van der Waals surface area contributed by atoms with Gasteiger partial charge in [-0.2, -0.15) is 0 Å². The summed E-state index contributed by atoms with van der Waals surface area (Å²) in [7, 11) is 1.70. The molecule has 5 heteroatoms. The lowest BCUT2D eigenvalue weighted by atomic mass is 9.95. The Kier molecular flexibility index (Phi) is 5.87. The van der Waals surface area contributed by atoms with Gasteiger partial charge in [-0.3, -0.25) is 4.79 Å². The zero-order chi connectivity index (χ0) is 15.1. The number of anilines is 1. The SMILES string of the molecule is COC1CCCC(OC(=O)CCOc2ccc(N)cc2)C1.